The highest BCUT2D eigenvalue weighted by atomic mass is 35.5. The molecule has 2 aliphatic rings. The van der Waals surface area contributed by atoms with Gasteiger partial charge in [-0.25, -0.2) is 4.98 Å². The van der Waals surface area contributed by atoms with E-state index in [1.54, 1.807) is 24.5 Å². The molecule has 200 valence electrons. The Labute approximate surface area is 231 Å². The van der Waals surface area contributed by atoms with Crippen LogP contribution in [-0.2, 0) is 6.61 Å². The summed E-state index contributed by atoms with van der Waals surface area (Å²) >= 11 is 6.24. The van der Waals surface area contributed by atoms with Crippen LogP contribution >= 0.6 is 11.6 Å². The fraction of sp³-hybridized carbons (Fsp3) is 0.300. The Morgan fingerprint density at radius 2 is 1.92 bits per heavy atom. The molecule has 1 aliphatic carbocycles. The van der Waals surface area contributed by atoms with Gasteiger partial charge in [0, 0.05) is 42.2 Å². The van der Waals surface area contributed by atoms with Crippen LogP contribution in [0.15, 0.2) is 54.9 Å². The van der Waals surface area contributed by atoms with Gasteiger partial charge in [0.15, 0.2) is 5.78 Å². The lowest BCUT2D eigenvalue weighted by molar-refractivity contribution is 0.0968. The second-order valence-electron chi connectivity index (χ2n) is 10.4. The summed E-state index contributed by atoms with van der Waals surface area (Å²) in [5.74, 6) is 0.863. The first kappa shape index (κ1) is 25.6. The van der Waals surface area contributed by atoms with E-state index < -0.39 is 0 Å². The van der Waals surface area contributed by atoms with Crippen molar-refractivity contribution in [3.63, 3.8) is 0 Å². The lowest BCUT2D eigenvalue weighted by atomic mass is 9.98. The molecule has 0 amide bonds. The lowest BCUT2D eigenvalue weighted by Crippen LogP contribution is -2.43. The van der Waals surface area contributed by atoms with Gasteiger partial charge >= 0.3 is 0 Å². The first-order valence-electron chi connectivity index (χ1n) is 13.2. The minimum Gasteiger partial charge on any atom is -0.506 e. The van der Waals surface area contributed by atoms with Crippen molar-refractivity contribution in [3.05, 3.63) is 71.0 Å². The number of anilines is 3. The smallest absolute Gasteiger partial charge is 0.169 e. The van der Waals surface area contributed by atoms with Crippen molar-refractivity contribution in [2.24, 2.45) is 11.7 Å². The van der Waals surface area contributed by atoms with E-state index in [4.69, 9.17) is 17.3 Å². The van der Waals surface area contributed by atoms with Gasteiger partial charge < -0.3 is 26.2 Å². The van der Waals surface area contributed by atoms with Gasteiger partial charge in [0.1, 0.15) is 11.6 Å². The summed E-state index contributed by atoms with van der Waals surface area (Å²) in [4.78, 5) is 24.8. The van der Waals surface area contributed by atoms with Crippen molar-refractivity contribution in [3.8, 4) is 16.9 Å². The molecule has 0 bridgehead atoms. The highest BCUT2D eigenvalue weighted by Gasteiger charge is 2.32. The topological polar surface area (TPSA) is 125 Å². The van der Waals surface area contributed by atoms with Crippen molar-refractivity contribution in [1.29, 1.82) is 0 Å². The number of hydrogen-bond donors (Lipinski definition) is 4. The van der Waals surface area contributed by atoms with Gasteiger partial charge in [-0.3, -0.25) is 9.78 Å². The quantitative estimate of drug-likeness (QED) is 0.228. The number of benzene rings is 2. The maximum Gasteiger partial charge on any atom is 0.169 e. The monoisotopic (exact) mass is 543 g/mol. The third-order valence-electron chi connectivity index (χ3n) is 7.53. The van der Waals surface area contributed by atoms with Crippen LogP contribution in [0, 0.1) is 5.92 Å². The van der Waals surface area contributed by atoms with E-state index in [1.165, 1.54) is 0 Å². The number of carbonyl (C=O) groups excluding carboxylic acids is 1. The van der Waals surface area contributed by atoms with Crippen molar-refractivity contribution in [2.75, 3.05) is 23.3 Å². The second-order valence-corrected chi connectivity index (χ2v) is 10.8. The van der Waals surface area contributed by atoms with Gasteiger partial charge in [-0.05, 0) is 73.2 Å². The molecule has 2 aromatic heterocycles. The molecule has 1 saturated carbocycles. The molecule has 0 radical (unpaired) electrons. The number of aromatic hydroxyl groups is 1. The van der Waals surface area contributed by atoms with Crippen molar-refractivity contribution in [2.45, 2.75) is 38.3 Å². The van der Waals surface area contributed by atoms with Crippen LogP contribution in [-0.4, -0.2) is 45.1 Å². The zero-order valence-electron chi connectivity index (χ0n) is 21.4. The van der Waals surface area contributed by atoms with Gasteiger partial charge in [-0.2, -0.15) is 0 Å². The van der Waals surface area contributed by atoms with E-state index in [-0.39, 0.29) is 35.1 Å². The molecule has 1 saturated heterocycles. The predicted molar refractivity (Wildman–Crippen MR) is 154 cm³/mol. The molecule has 2 aromatic carbocycles. The Balaban J connectivity index is 1.41. The number of carbonyl (C=O) groups is 1. The Bertz CT molecular complexity index is 1560. The van der Waals surface area contributed by atoms with E-state index in [1.807, 2.05) is 30.3 Å². The fourth-order valence-electron chi connectivity index (χ4n) is 5.21. The Morgan fingerprint density at radius 1 is 1.08 bits per heavy atom. The SMILES string of the molecule is N[C@@H]1CCCN(c2ccc(Nc3c(C(=O)C4CC4)cnc4ccc(-c5cc(Cl)c(O)c(CO)c5)cc34)cn2)C1. The number of nitrogens with two attached hydrogens (primary N) is 1. The second kappa shape index (κ2) is 10.4. The number of halogens is 1. The van der Waals surface area contributed by atoms with Gasteiger partial charge in [-0.15, -0.1) is 0 Å². The van der Waals surface area contributed by atoms with E-state index in [0.29, 0.717) is 16.8 Å². The van der Waals surface area contributed by atoms with Crippen LogP contribution in [0.4, 0.5) is 17.2 Å². The minimum absolute atomic E-state index is 0.0276. The summed E-state index contributed by atoms with van der Waals surface area (Å²) in [5, 5.41) is 24.2. The first-order chi connectivity index (χ1) is 18.9. The molecule has 8 nitrogen and oxygen atoms in total. The molecule has 6 rings (SSSR count). The number of piperidine rings is 1. The highest BCUT2D eigenvalue weighted by molar-refractivity contribution is 6.32. The number of nitrogens with zero attached hydrogens (tertiary/aromatic N) is 3. The normalized spacial score (nSPS) is 17.4. The maximum atomic E-state index is 13.3. The zero-order valence-corrected chi connectivity index (χ0v) is 22.2. The molecule has 0 spiro atoms. The number of ketones is 1. The highest BCUT2D eigenvalue weighted by Crippen LogP contribution is 2.40. The molecular formula is C30H30ClN5O3. The van der Waals surface area contributed by atoms with Crippen LogP contribution in [0.3, 0.4) is 0 Å². The van der Waals surface area contributed by atoms with Crippen LogP contribution < -0.4 is 16.0 Å². The van der Waals surface area contributed by atoms with Crippen LogP contribution in [0.2, 0.25) is 5.02 Å². The summed E-state index contributed by atoms with van der Waals surface area (Å²) in [6, 6.07) is 13.2. The number of aromatic nitrogens is 2. The number of nitrogens with one attached hydrogen (secondary N) is 1. The molecule has 1 aliphatic heterocycles. The average Bonchev–Trinajstić information content (AvgIpc) is 3.80. The van der Waals surface area contributed by atoms with E-state index >= 15 is 0 Å². The van der Waals surface area contributed by atoms with E-state index in [0.717, 1.165) is 72.3 Å². The van der Waals surface area contributed by atoms with Gasteiger partial charge in [0.2, 0.25) is 0 Å². The summed E-state index contributed by atoms with van der Waals surface area (Å²) in [6.45, 7) is 1.38. The molecule has 4 aromatic rings. The Hall–Kier alpha value is -3.72. The van der Waals surface area contributed by atoms with Crippen molar-refractivity contribution in [1.82, 2.24) is 9.97 Å². The standard InChI is InChI=1S/C30H30ClN5O3/c31-25-12-19(10-20(16-37)30(25)39)18-5-7-26-23(11-18)28(24(14-33-26)29(38)17-3-4-17)35-22-6-8-27(34-13-22)36-9-1-2-21(32)15-36/h5-8,10-14,17,21,37,39H,1-4,9,15-16,32H2,(H,33,35)/t21-/m1/s1. The number of rotatable bonds is 7. The lowest BCUT2D eigenvalue weighted by Gasteiger charge is -2.31. The van der Waals surface area contributed by atoms with Crippen molar-refractivity contribution >= 4 is 45.5 Å². The Kier molecular flexibility index (Phi) is 6.85. The number of aliphatic hydroxyl groups is 1. The Morgan fingerprint density at radius 3 is 2.64 bits per heavy atom. The molecule has 1 atom stereocenters. The van der Waals surface area contributed by atoms with E-state index in [9.17, 15) is 15.0 Å². The summed E-state index contributed by atoms with van der Waals surface area (Å²) in [6.07, 6.45) is 7.30. The number of aliphatic hydroxyl groups excluding tert-OH is 1. The largest absolute Gasteiger partial charge is 0.506 e. The fourth-order valence-corrected chi connectivity index (χ4v) is 5.45. The molecule has 3 heterocycles. The van der Waals surface area contributed by atoms with Gasteiger partial charge in [0.05, 0.1) is 40.3 Å². The molecule has 2 fully saturated rings. The molecular weight excluding hydrogens is 514 g/mol. The minimum atomic E-state index is -0.340. The van der Waals surface area contributed by atoms with Crippen LogP contribution in [0.25, 0.3) is 22.0 Å². The van der Waals surface area contributed by atoms with Crippen molar-refractivity contribution < 1.29 is 15.0 Å². The summed E-state index contributed by atoms with van der Waals surface area (Å²) in [7, 11) is 0. The summed E-state index contributed by atoms with van der Waals surface area (Å²) < 4.78 is 0. The van der Waals surface area contributed by atoms with E-state index in [2.05, 4.69) is 20.2 Å². The molecule has 9 heteroatoms. The molecule has 5 N–H and O–H groups in total. The molecule has 0 unspecified atom stereocenters. The zero-order chi connectivity index (χ0) is 27.1. The number of hydrogen-bond acceptors (Lipinski definition) is 8. The van der Waals surface area contributed by atoms with Crippen LogP contribution in [0.5, 0.6) is 5.75 Å². The third-order valence-corrected chi connectivity index (χ3v) is 7.81. The number of phenols is 1. The molecule has 39 heavy (non-hydrogen) atoms. The van der Waals surface area contributed by atoms with Gasteiger partial charge in [-0.1, -0.05) is 17.7 Å². The van der Waals surface area contributed by atoms with Gasteiger partial charge in [0.25, 0.3) is 0 Å². The summed E-state index contributed by atoms with van der Waals surface area (Å²) in [5.41, 5.74) is 10.8. The average molecular weight is 544 g/mol. The number of pyridine rings is 2. The predicted octanol–water partition coefficient (Wildman–Crippen LogP) is 5.41. The number of fused-ring (bicyclic) bond motifs is 1. The van der Waals surface area contributed by atoms with Crippen LogP contribution in [0.1, 0.15) is 41.6 Å². The number of Topliss-reactive ketones (excluding diaryl/α,β-unsaturated/α-hetero) is 1. The maximum absolute atomic E-state index is 13.3. The third kappa shape index (κ3) is 5.15. The first-order valence-corrected chi connectivity index (χ1v) is 13.6.